The minimum absolute atomic E-state index is 0.105. The molecule has 0 aliphatic carbocycles. The molecule has 0 bridgehead atoms. The normalized spacial score (nSPS) is 9.82. The van der Waals surface area contributed by atoms with Crippen molar-refractivity contribution < 1.29 is 13.9 Å². The van der Waals surface area contributed by atoms with Gasteiger partial charge in [0.15, 0.2) is 0 Å². The average molecular weight is 299 g/mol. The van der Waals surface area contributed by atoms with E-state index in [1.165, 1.54) is 12.1 Å². The lowest BCUT2D eigenvalue weighted by Crippen LogP contribution is -2.16. The SMILES string of the molecule is N#Cc1cccc(OCCC(=O)Nc2ccc(F)cc2N)c1. The maximum Gasteiger partial charge on any atom is 0.227 e. The molecule has 0 heterocycles. The number of ether oxygens (including phenoxy) is 1. The number of halogens is 1. The van der Waals surface area contributed by atoms with Gasteiger partial charge >= 0.3 is 0 Å². The fraction of sp³-hybridized carbons (Fsp3) is 0.125. The van der Waals surface area contributed by atoms with Crippen LogP contribution >= 0.6 is 0 Å². The van der Waals surface area contributed by atoms with E-state index >= 15 is 0 Å². The van der Waals surface area contributed by atoms with Gasteiger partial charge in [-0.3, -0.25) is 4.79 Å². The van der Waals surface area contributed by atoms with E-state index in [-0.39, 0.29) is 24.6 Å². The molecule has 112 valence electrons. The highest BCUT2D eigenvalue weighted by Gasteiger charge is 2.06. The minimum atomic E-state index is -0.462. The van der Waals surface area contributed by atoms with E-state index in [1.807, 2.05) is 6.07 Å². The zero-order chi connectivity index (χ0) is 15.9. The molecule has 0 spiro atoms. The van der Waals surface area contributed by atoms with Crippen molar-refractivity contribution in [2.45, 2.75) is 6.42 Å². The van der Waals surface area contributed by atoms with Gasteiger partial charge in [0, 0.05) is 0 Å². The third kappa shape index (κ3) is 4.21. The van der Waals surface area contributed by atoms with Crippen molar-refractivity contribution in [2.24, 2.45) is 0 Å². The molecule has 0 fully saturated rings. The second kappa shape index (κ2) is 7.09. The molecule has 0 unspecified atom stereocenters. The number of nitrogens with two attached hydrogens (primary N) is 1. The van der Waals surface area contributed by atoms with Gasteiger partial charge in [0.25, 0.3) is 0 Å². The van der Waals surface area contributed by atoms with E-state index in [4.69, 9.17) is 15.7 Å². The number of carbonyl (C=O) groups excluding carboxylic acids is 1. The summed E-state index contributed by atoms with van der Waals surface area (Å²) in [6, 6.07) is 12.4. The van der Waals surface area contributed by atoms with E-state index in [9.17, 15) is 9.18 Å². The second-order valence-electron chi connectivity index (χ2n) is 4.52. The first kappa shape index (κ1) is 15.3. The van der Waals surface area contributed by atoms with Gasteiger partial charge in [0.2, 0.25) is 5.91 Å². The summed E-state index contributed by atoms with van der Waals surface area (Å²) in [7, 11) is 0. The third-order valence-electron chi connectivity index (χ3n) is 2.85. The third-order valence-corrected chi connectivity index (χ3v) is 2.85. The van der Waals surface area contributed by atoms with Gasteiger partial charge in [-0.15, -0.1) is 0 Å². The number of hydrogen-bond donors (Lipinski definition) is 2. The van der Waals surface area contributed by atoms with Gasteiger partial charge in [-0.25, -0.2) is 4.39 Å². The number of benzene rings is 2. The van der Waals surface area contributed by atoms with E-state index in [1.54, 1.807) is 24.3 Å². The van der Waals surface area contributed by atoms with E-state index in [0.29, 0.717) is 17.0 Å². The molecule has 0 radical (unpaired) electrons. The fourth-order valence-corrected chi connectivity index (χ4v) is 1.78. The summed E-state index contributed by atoms with van der Waals surface area (Å²) in [5, 5.41) is 11.4. The van der Waals surface area contributed by atoms with Crippen LogP contribution in [0.4, 0.5) is 15.8 Å². The molecule has 0 aliphatic heterocycles. The summed E-state index contributed by atoms with van der Waals surface area (Å²) < 4.78 is 18.3. The monoisotopic (exact) mass is 299 g/mol. The number of nitriles is 1. The molecule has 0 saturated carbocycles. The van der Waals surface area contributed by atoms with Crippen LogP contribution < -0.4 is 15.8 Å². The highest BCUT2D eigenvalue weighted by atomic mass is 19.1. The predicted octanol–water partition coefficient (Wildman–Crippen LogP) is 2.69. The number of carbonyl (C=O) groups is 1. The van der Waals surface area contributed by atoms with Crippen LogP contribution in [0.1, 0.15) is 12.0 Å². The summed E-state index contributed by atoms with van der Waals surface area (Å²) in [5.74, 6) is -0.237. The van der Waals surface area contributed by atoms with E-state index in [2.05, 4.69) is 5.32 Å². The first-order chi connectivity index (χ1) is 10.6. The lowest BCUT2D eigenvalue weighted by atomic mass is 10.2. The van der Waals surface area contributed by atoms with Crippen molar-refractivity contribution in [1.82, 2.24) is 0 Å². The molecule has 0 aromatic heterocycles. The molecule has 2 rings (SSSR count). The van der Waals surface area contributed by atoms with Crippen LogP contribution in [0.5, 0.6) is 5.75 Å². The molecule has 0 aliphatic rings. The number of rotatable bonds is 5. The molecule has 3 N–H and O–H groups in total. The molecule has 22 heavy (non-hydrogen) atoms. The minimum Gasteiger partial charge on any atom is -0.493 e. The maximum absolute atomic E-state index is 12.9. The number of amides is 1. The molecular formula is C16H14FN3O2. The Balaban J connectivity index is 1.84. The van der Waals surface area contributed by atoms with E-state index in [0.717, 1.165) is 6.07 Å². The van der Waals surface area contributed by atoms with Crippen molar-refractivity contribution in [3.63, 3.8) is 0 Å². The van der Waals surface area contributed by atoms with Crippen molar-refractivity contribution in [2.75, 3.05) is 17.7 Å². The van der Waals surface area contributed by atoms with Crippen molar-refractivity contribution >= 4 is 17.3 Å². The van der Waals surface area contributed by atoms with Crippen LogP contribution in [0.3, 0.4) is 0 Å². The molecule has 2 aromatic carbocycles. The smallest absolute Gasteiger partial charge is 0.227 e. The van der Waals surface area contributed by atoms with Gasteiger partial charge in [-0.05, 0) is 36.4 Å². The first-order valence-electron chi connectivity index (χ1n) is 6.56. The quantitative estimate of drug-likeness (QED) is 0.831. The van der Waals surface area contributed by atoms with E-state index < -0.39 is 5.82 Å². The zero-order valence-corrected chi connectivity index (χ0v) is 11.7. The zero-order valence-electron chi connectivity index (χ0n) is 11.7. The van der Waals surface area contributed by atoms with Crippen molar-refractivity contribution in [1.29, 1.82) is 5.26 Å². The number of hydrogen-bond acceptors (Lipinski definition) is 4. The molecular weight excluding hydrogens is 285 g/mol. The lowest BCUT2D eigenvalue weighted by molar-refractivity contribution is -0.116. The van der Waals surface area contributed by atoms with Gasteiger partial charge in [0.05, 0.1) is 36.0 Å². The summed E-state index contributed by atoms with van der Waals surface area (Å²) in [6.07, 6.45) is 0.105. The number of nitrogen functional groups attached to an aromatic ring is 1. The molecule has 2 aromatic rings. The Morgan fingerprint density at radius 2 is 2.14 bits per heavy atom. The largest absolute Gasteiger partial charge is 0.493 e. The van der Waals surface area contributed by atoms with Crippen LogP contribution in [0, 0.1) is 17.1 Å². The lowest BCUT2D eigenvalue weighted by Gasteiger charge is -2.09. The Morgan fingerprint density at radius 3 is 2.86 bits per heavy atom. The van der Waals surface area contributed by atoms with Gasteiger partial charge in [-0.2, -0.15) is 5.26 Å². The van der Waals surface area contributed by atoms with Gasteiger partial charge in [0.1, 0.15) is 11.6 Å². The van der Waals surface area contributed by atoms with Gasteiger partial charge in [-0.1, -0.05) is 6.07 Å². The highest BCUT2D eigenvalue weighted by molar-refractivity contribution is 5.93. The number of nitrogens with zero attached hydrogens (tertiary/aromatic N) is 1. The Bertz CT molecular complexity index is 726. The molecule has 0 atom stereocenters. The highest BCUT2D eigenvalue weighted by Crippen LogP contribution is 2.19. The topological polar surface area (TPSA) is 88.1 Å². The standard InChI is InChI=1S/C16H14FN3O2/c17-12-4-5-15(14(19)9-12)20-16(21)6-7-22-13-3-1-2-11(8-13)10-18/h1-5,8-9H,6-7,19H2,(H,20,21). The Labute approximate surface area is 127 Å². The fourth-order valence-electron chi connectivity index (χ4n) is 1.78. The van der Waals surface area contributed by atoms with Crippen LogP contribution in [-0.2, 0) is 4.79 Å². The predicted molar refractivity (Wildman–Crippen MR) is 80.7 cm³/mol. The number of nitrogens with one attached hydrogen (secondary N) is 1. The Kier molecular flexibility index (Phi) is 4.94. The summed E-state index contributed by atoms with van der Waals surface area (Å²) in [5.41, 5.74) is 6.61. The maximum atomic E-state index is 12.9. The number of anilines is 2. The van der Waals surface area contributed by atoms with Crippen LogP contribution in [-0.4, -0.2) is 12.5 Å². The van der Waals surface area contributed by atoms with Crippen LogP contribution in [0.2, 0.25) is 0 Å². The molecule has 5 nitrogen and oxygen atoms in total. The second-order valence-corrected chi connectivity index (χ2v) is 4.52. The molecule has 0 saturated heterocycles. The Hall–Kier alpha value is -3.07. The van der Waals surface area contributed by atoms with Crippen molar-refractivity contribution in [3.8, 4) is 11.8 Å². The van der Waals surface area contributed by atoms with Crippen LogP contribution in [0.15, 0.2) is 42.5 Å². The van der Waals surface area contributed by atoms with Crippen LogP contribution in [0.25, 0.3) is 0 Å². The molecule has 6 heteroatoms. The summed E-state index contributed by atoms with van der Waals surface area (Å²) in [6.45, 7) is 0.155. The Morgan fingerprint density at radius 1 is 1.32 bits per heavy atom. The first-order valence-corrected chi connectivity index (χ1v) is 6.56. The van der Waals surface area contributed by atoms with Crippen molar-refractivity contribution in [3.05, 3.63) is 53.8 Å². The molecule has 1 amide bonds. The summed E-state index contributed by atoms with van der Waals surface area (Å²) >= 11 is 0. The van der Waals surface area contributed by atoms with Gasteiger partial charge < -0.3 is 15.8 Å². The average Bonchev–Trinajstić information content (AvgIpc) is 2.50. The summed E-state index contributed by atoms with van der Waals surface area (Å²) in [4.78, 5) is 11.8.